The average Bonchev–Trinajstić information content (AvgIpc) is 3.38. The lowest BCUT2D eigenvalue weighted by atomic mass is 9.95. The van der Waals surface area contributed by atoms with Gasteiger partial charge >= 0.3 is 0 Å². The zero-order valence-electron chi connectivity index (χ0n) is 40.2. The maximum atomic E-state index is 11.5. The monoisotopic (exact) mass is 1080 g/mol. The molecule has 0 amide bonds. The van der Waals surface area contributed by atoms with E-state index in [4.69, 9.17) is 72.0 Å². The van der Waals surface area contributed by atoms with Crippen molar-refractivity contribution < 1.29 is 143 Å². The second-order valence-electron chi connectivity index (χ2n) is 19.6. The molecule has 74 heavy (non-hydrogen) atoms. The van der Waals surface area contributed by atoms with Gasteiger partial charge in [-0.25, -0.2) is 0 Å². The number of likely N-dealkylation sites (N-methyl/N-ethyl adjacent to an activating group) is 1. The Balaban J connectivity index is 1.04. The molecule has 0 aliphatic carbocycles. The quantitative estimate of drug-likeness (QED) is 0.107. The van der Waals surface area contributed by atoms with Gasteiger partial charge in [0.05, 0.1) is 57.5 Å². The third kappa shape index (κ3) is 12.5. The summed E-state index contributed by atoms with van der Waals surface area (Å²) in [4.78, 5) is 0. The molecule has 0 aromatic heterocycles. The van der Waals surface area contributed by atoms with E-state index in [2.05, 4.69) is 5.32 Å². The lowest BCUT2D eigenvalue weighted by Gasteiger charge is -2.49. The number of aliphatic hydroxyl groups is 15. The zero-order valence-corrected chi connectivity index (χ0v) is 40.2. The number of ether oxygens (including phenoxy) is 14. The fourth-order valence-electron chi connectivity index (χ4n) is 10.7. The Morgan fingerprint density at radius 2 is 0.676 bits per heavy atom. The highest BCUT2D eigenvalue weighted by atomic mass is 16.8. The van der Waals surface area contributed by atoms with Crippen molar-refractivity contribution in [2.75, 3.05) is 53.2 Å². The van der Waals surface area contributed by atoms with Crippen molar-refractivity contribution in [3.63, 3.8) is 0 Å². The van der Waals surface area contributed by atoms with E-state index in [1.54, 1.807) is 0 Å². The number of nitrogens with two attached hydrogens (primary N) is 1. The molecule has 0 spiro atoms. The molecule has 31 atom stereocenters. The Morgan fingerprint density at radius 1 is 0.338 bits per heavy atom. The molecule has 14 bridgehead atoms. The zero-order chi connectivity index (χ0) is 53.3. The summed E-state index contributed by atoms with van der Waals surface area (Å²) < 4.78 is 83.1. The van der Waals surface area contributed by atoms with Crippen LogP contribution < -0.4 is 11.1 Å². The Morgan fingerprint density at radius 3 is 1.14 bits per heavy atom. The van der Waals surface area contributed by atoms with Gasteiger partial charge < -0.3 is 154 Å². The van der Waals surface area contributed by atoms with Gasteiger partial charge in [-0.2, -0.15) is 0 Å². The molecule has 21 aliphatic rings. The van der Waals surface area contributed by atoms with Crippen LogP contribution in [0.2, 0.25) is 0 Å². The fourth-order valence-corrected chi connectivity index (χ4v) is 10.7. The number of aliphatic hydroxyl groups excluding tert-OH is 15. The van der Waals surface area contributed by atoms with Crippen molar-refractivity contribution >= 4 is 0 Å². The van der Waals surface area contributed by atoms with E-state index in [1.807, 2.05) is 0 Å². The van der Waals surface area contributed by atoms with Crippen LogP contribution in [0.3, 0.4) is 0 Å². The topological polar surface area (TPSA) is 471 Å². The number of rotatable bonds is 8. The van der Waals surface area contributed by atoms with Crippen LogP contribution in [0.1, 0.15) is 25.7 Å². The van der Waals surface area contributed by atoms with Gasteiger partial charge in [0.25, 0.3) is 0 Å². The highest BCUT2D eigenvalue weighted by Crippen LogP contribution is 2.38. The molecular formula is C43H74N2O29. The first kappa shape index (κ1) is 58.9. The largest absolute Gasteiger partial charge is 0.394 e. The second-order valence-corrected chi connectivity index (χ2v) is 19.6. The van der Waals surface area contributed by atoms with Crippen molar-refractivity contribution in [1.82, 2.24) is 5.32 Å². The third-order valence-corrected chi connectivity index (χ3v) is 14.6. The van der Waals surface area contributed by atoms with E-state index in [0.29, 0.717) is 0 Å². The van der Waals surface area contributed by atoms with Crippen LogP contribution in [-0.2, 0) is 66.3 Å². The third-order valence-electron chi connectivity index (χ3n) is 14.6. The molecule has 21 saturated heterocycles. The summed E-state index contributed by atoms with van der Waals surface area (Å²) >= 11 is 0. The van der Waals surface area contributed by atoms with E-state index < -0.39 is 230 Å². The summed E-state index contributed by atoms with van der Waals surface area (Å²) in [6.45, 7) is -4.41. The minimum atomic E-state index is -1.97. The van der Waals surface area contributed by atoms with Gasteiger partial charge in [-0.1, -0.05) is 0 Å². The van der Waals surface area contributed by atoms with E-state index in [0.717, 1.165) is 0 Å². The summed E-state index contributed by atoms with van der Waals surface area (Å²) in [6.07, 6.45) is -49.4. The van der Waals surface area contributed by atoms with Crippen molar-refractivity contribution in [2.24, 2.45) is 5.73 Å². The fraction of sp³-hybridized carbons (Fsp3) is 1.00. The first-order valence-electron chi connectivity index (χ1n) is 24.8. The van der Waals surface area contributed by atoms with Crippen LogP contribution in [0.4, 0.5) is 0 Å². The summed E-state index contributed by atoms with van der Waals surface area (Å²) in [5.74, 6) is 0. The van der Waals surface area contributed by atoms with E-state index in [1.165, 1.54) is 7.05 Å². The highest BCUT2D eigenvalue weighted by Gasteiger charge is 2.56. The lowest BCUT2D eigenvalue weighted by Crippen LogP contribution is -2.66. The van der Waals surface area contributed by atoms with Crippen molar-refractivity contribution in [1.29, 1.82) is 0 Å². The number of hydrogen-bond acceptors (Lipinski definition) is 31. The Kier molecular flexibility index (Phi) is 20.6. The minimum absolute atomic E-state index is 0.0981. The van der Waals surface area contributed by atoms with Crippen LogP contribution in [0, 0.1) is 0 Å². The molecule has 21 heterocycles. The van der Waals surface area contributed by atoms with E-state index in [-0.39, 0.29) is 32.4 Å². The van der Waals surface area contributed by atoms with Gasteiger partial charge in [0, 0.05) is 38.8 Å². The van der Waals surface area contributed by atoms with E-state index >= 15 is 0 Å². The van der Waals surface area contributed by atoms with E-state index in [9.17, 15) is 76.6 Å². The first-order valence-corrected chi connectivity index (χ1v) is 24.8. The molecule has 0 aromatic carbocycles. The van der Waals surface area contributed by atoms with Crippen LogP contribution in [0.5, 0.6) is 0 Å². The van der Waals surface area contributed by atoms with Gasteiger partial charge in [-0.05, 0) is 7.05 Å². The standard InChI is InChI=1S/C43H74N2O29/c1-45-7-19-37-28(55)31(58)41(65-19)64-17-2-16(54)40(66-20(17)8-46)73-39-24(12-50)68-42(33(60)30(39)57)72-36-15(53)5-26(63-22(36)10-48)69-34-13(51)3-25(61-18(34)6-44)70-35-14(52)4-27(62-21(35)9-47)71-38-23(11-49)67-43(74-37)32(59)29(38)56/h13-43,45-60H,2-12,44H2,1H3. The lowest BCUT2D eigenvalue weighted by molar-refractivity contribution is -0.384. The SMILES string of the molecule is CNCC1OC2OC3CC(O)C(OC3CO)OC3C(CO)OC(OC4C(O)CC(OC4CO)OC4C(O)CC(OC4CN)OC4C(O)CC(OC4CO)OC4C(CO)OC(OC1C(O)C2O)C(O)C4O)C(O)C3O. The maximum absolute atomic E-state index is 11.5. The minimum Gasteiger partial charge on any atom is -0.394 e. The van der Waals surface area contributed by atoms with Crippen LogP contribution in [0.15, 0.2) is 0 Å². The molecular weight excluding hydrogens is 1010 g/mol. The Bertz CT molecular complexity index is 1720. The molecule has 0 saturated carbocycles. The smallest absolute Gasteiger partial charge is 0.187 e. The first-order chi connectivity index (χ1) is 35.4. The van der Waals surface area contributed by atoms with Crippen molar-refractivity contribution in [3.05, 3.63) is 0 Å². The molecule has 31 heteroatoms. The Hall–Kier alpha value is -1.24. The van der Waals surface area contributed by atoms with Crippen molar-refractivity contribution in [2.45, 2.75) is 216 Å². The van der Waals surface area contributed by atoms with Crippen LogP contribution in [-0.4, -0.2) is 320 Å². The van der Waals surface area contributed by atoms with Crippen LogP contribution in [0.25, 0.3) is 0 Å². The molecule has 31 nitrogen and oxygen atoms in total. The molecule has 31 unspecified atom stereocenters. The predicted octanol–water partition coefficient (Wildman–Crippen LogP) is -10.9. The Labute approximate surface area is 422 Å². The maximum Gasteiger partial charge on any atom is 0.187 e. The van der Waals surface area contributed by atoms with Gasteiger partial charge in [-0.15, -0.1) is 0 Å². The second kappa shape index (κ2) is 25.9. The summed E-state index contributed by atoms with van der Waals surface area (Å²) in [5, 5.41) is 168. The van der Waals surface area contributed by atoms with Gasteiger partial charge in [0.2, 0.25) is 0 Å². The summed E-state index contributed by atoms with van der Waals surface area (Å²) in [6, 6.07) is 0. The molecule has 21 fully saturated rings. The highest BCUT2D eigenvalue weighted by molar-refractivity contribution is 4.99. The number of nitrogens with one attached hydrogen (secondary N) is 1. The average molecular weight is 1080 g/mol. The van der Waals surface area contributed by atoms with Gasteiger partial charge in [-0.3, -0.25) is 0 Å². The van der Waals surface area contributed by atoms with Crippen LogP contribution >= 0.6 is 0 Å². The van der Waals surface area contributed by atoms with Crippen molar-refractivity contribution in [3.8, 4) is 0 Å². The summed E-state index contributed by atoms with van der Waals surface area (Å²) in [7, 11) is 1.52. The predicted molar refractivity (Wildman–Crippen MR) is 232 cm³/mol. The summed E-state index contributed by atoms with van der Waals surface area (Å²) in [5.41, 5.74) is 6.04. The molecule has 0 aromatic rings. The molecule has 18 N–H and O–H groups in total. The number of hydrogen-bond donors (Lipinski definition) is 17. The molecule has 21 aliphatic heterocycles. The normalized spacial score (nSPS) is 53.1. The molecule has 21 rings (SSSR count). The van der Waals surface area contributed by atoms with Gasteiger partial charge in [0.15, 0.2) is 44.0 Å². The van der Waals surface area contributed by atoms with Gasteiger partial charge in [0.1, 0.15) is 122 Å². The molecule has 0 radical (unpaired) electrons. The molecule has 430 valence electrons.